The number of halogens is 1. The van der Waals surface area contributed by atoms with Crippen LogP contribution < -0.4 is 5.48 Å². The largest absolute Gasteiger partial charge is 0.382 e. The molecule has 0 fully saturated rings. The SMILES string of the molecule is COCCONC1CCc2cc(F)ccc21. The third kappa shape index (κ3) is 2.58. The van der Waals surface area contributed by atoms with Crippen LogP contribution >= 0.6 is 0 Å². The molecule has 0 saturated carbocycles. The lowest BCUT2D eigenvalue weighted by atomic mass is 10.1. The number of ether oxygens (including phenoxy) is 1. The monoisotopic (exact) mass is 225 g/mol. The van der Waals surface area contributed by atoms with Gasteiger partial charge in [-0.25, -0.2) is 4.39 Å². The molecule has 1 unspecified atom stereocenters. The second-order valence-corrected chi connectivity index (χ2v) is 3.89. The Hall–Kier alpha value is -0.970. The number of hydrogen-bond donors (Lipinski definition) is 1. The molecule has 0 amide bonds. The summed E-state index contributed by atoms with van der Waals surface area (Å²) in [5.74, 6) is -0.167. The van der Waals surface area contributed by atoms with Gasteiger partial charge in [0.25, 0.3) is 0 Å². The van der Waals surface area contributed by atoms with Gasteiger partial charge in [-0.05, 0) is 36.1 Å². The number of nitrogens with one attached hydrogen (secondary N) is 1. The summed E-state index contributed by atoms with van der Waals surface area (Å²) in [6, 6.07) is 5.10. The maximum atomic E-state index is 13.0. The van der Waals surface area contributed by atoms with E-state index in [4.69, 9.17) is 9.57 Å². The third-order valence-corrected chi connectivity index (χ3v) is 2.80. The molecule has 0 spiro atoms. The van der Waals surface area contributed by atoms with E-state index in [2.05, 4.69) is 5.48 Å². The normalized spacial score (nSPS) is 18.8. The first-order valence-corrected chi connectivity index (χ1v) is 5.46. The highest BCUT2D eigenvalue weighted by Gasteiger charge is 2.22. The summed E-state index contributed by atoms with van der Waals surface area (Å²) in [7, 11) is 1.64. The molecule has 1 aromatic carbocycles. The highest BCUT2D eigenvalue weighted by atomic mass is 19.1. The predicted molar refractivity (Wildman–Crippen MR) is 58.4 cm³/mol. The summed E-state index contributed by atoms with van der Waals surface area (Å²) in [6.07, 6.45) is 1.85. The van der Waals surface area contributed by atoms with Crippen molar-refractivity contribution in [3.8, 4) is 0 Å². The lowest BCUT2D eigenvalue weighted by Gasteiger charge is -2.13. The average molecular weight is 225 g/mol. The van der Waals surface area contributed by atoms with Gasteiger partial charge in [0.05, 0.1) is 19.3 Å². The Kier molecular flexibility index (Phi) is 3.88. The maximum Gasteiger partial charge on any atom is 0.123 e. The van der Waals surface area contributed by atoms with Crippen LogP contribution in [0.1, 0.15) is 23.6 Å². The van der Waals surface area contributed by atoms with Crippen LogP contribution in [0.25, 0.3) is 0 Å². The number of hydroxylamine groups is 1. The van der Waals surface area contributed by atoms with Crippen molar-refractivity contribution >= 4 is 0 Å². The van der Waals surface area contributed by atoms with E-state index >= 15 is 0 Å². The number of methoxy groups -OCH3 is 1. The minimum absolute atomic E-state index is 0.167. The molecule has 1 aliphatic carbocycles. The molecular formula is C12H16FNO2. The smallest absolute Gasteiger partial charge is 0.123 e. The molecule has 0 saturated heterocycles. The lowest BCUT2D eigenvalue weighted by Crippen LogP contribution is -2.21. The Morgan fingerprint density at radius 3 is 3.12 bits per heavy atom. The van der Waals surface area contributed by atoms with Gasteiger partial charge in [-0.15, -0.1) is 0 Å². The molecule has 1 N–H and O–H groups in total. The van der Waals surface area contributed by atoms with Crippen molar-refractivity contribution in [1.29, 1.82) is 0 Å². The van der Waals surface area contributed by atoms with Crippen LogP contribution in [0.2, 0.25) is 0 Å². The zero-order valence-electron chi connectivity index (χ0n) is 9.33. The standard InChI is InChI=1S/C12H16FNO2/c1-15-6-7-16-14-12-5-2-9-8-10(13)3-4-11(9)12/h3-4,8,12,14H,2,5-7H2,1H3. The number of rotatable bonds is 5. The summed E-state index contributed by atoms with van der Waals surface area (Å²) in [6.45, 7) is 1.08. The minimum Gasteiger partial charge on any atom is -0.382 e. The van der Waals surface area contributed by atoms with E-state index in [1.807, 2.05) is 6.07 Å². The molecule has 0 bridgehead atoms. The fourth-order valence-electron chi connectivity index (χ4n) is 1.99. The molecule has 1 aliphatic rings. The van der Waals surface area contributed by atoms with Crippen molar-refractivity contribution in [2.75, 3.05) is 20.3 Å². The summed E-state index contributed by atoms with van der Waals surface area (Å²) in [4.78, 5) is 5.28. The second-order valence-electron chi connectivity index (χ2n) is 3.89. The van der Waals surface area contributed by atoms with Crippen molar-refractivity contribution in [3.63, 3.8) is 0 Å². The van der Waals surface area contributed by atoms with E-state index in [1.54, 1.807) is 13.2 Å². The van der Waals surface area contributed by atoms with E-state index in [9.17, 15) is 4.39 Å². The number of fused-ring (bicyclic) bond motifs is 1. The molecule has 2 rings (SSSR count). The van der Waals surface area contributed by atoms with Crippen LogP contribution in [0.4, 0.5) is 4.39 Å². The molecule has 0 aliphatic heterocycles. The Bertz CT molecular complexity index is 357. The fraction of sp³-hybridized carbons (Fsp3) is 0.500. The van der Waals surface area contributed by atoms with Gasteiger partial charge in [0.1, 0.15) is 5.82 Å². The summed E-state index contributed by atoms with van der Waals surface area (Å²) in [5.41, 5.74) is 5.20. The zero-order valence-corrected chi connectivity index (χ0v) is 9.33. The van der Waals surface area contributed by atoms with Gasteiger partial charge in [-0.1, -0.05) is 6.07 Å². The first-order valence-electron chi connectivity index (χ1n) is 5.46. The number of benzene rings is 1. The van der Waals surface area contributed by atoms with Crippen molar-refractivity contribution < 1.29 is 14.0 Å². The Morgan fingerprint density at radius 1 is 1.44 bits per heavy atom. The van der Waals surface area contributed by atoms with Crippen LogP contribution in [0.15, 0.2) is 18.2 Å². The molecule has 0 heterocycles. The first kappa shape index (κ1) is 11.5. The van der Waals surface area contributed by atoms with Crippen molar-refractivity contribution in [2.45, 2.75) is 18.9 Å². The molecule has 3 nitrogen and oxygen atoms in total. The van der Waals surface area contributed by atoms with Crippen LogP contribution in [-0.2, 0) is 16.0 Å². The molecule has 16 heavy (non-hydrogen) atoms. The van der Waals surface area contributed by atoms with Crippen LogP contribution in [0.3, 0.4) is 0 Å². The molecule has 88 valence electrons. The lowest BCUT2D eigenvalue weighted by molar-refractivity contribution is -0.0121. The van der Waals surface area contributed by atoms with E-state index in [-0.39, 0.29) is 11.9 Å². The van der Waals surface area contributed by atoms with Gasteiger partial charge in [0.15, 0.2) is 0 Å². The van der Waals surface area contributed by atoms with Crippen molar-refractivity contribution in [1.82, 2.24) is 5.48 Å². The second kappa shape index (κ2) is 5.39. The van der Waals surface area contributed by atoms with E-state index < -0.39 is 0 Å². The summed E-state index contributed by atoms with van der Waals surface area (Å²) in [5, 5.41) is 0. The number of aryl methyl sites for hydroxylation is 1. The Morgan fingerprint density at radius 2 is 2.31 bits per heavy atom. The summed E-state index contributed by atoms with van der Waals surface area (Å²) < 4.78 is 17.9. The highest BCUT2D eigenvalue weighted by molar-refractivity contribution is 5.34. The first-order chi connectivity index (χ1) is 7.81. The molecule has 1 aromatic rings. The van der Waals surface area contributed by atoms with E-state index in [0.29, 0.717) is 13.2 Å². The third-order valence-electron chi connectivity index (χ3n) is 2.80. The van der Waals surface area contributed by atoms with Gasteiger partial charge >= 0.3 is 0 Å². The van der Waals surface area contributed by atoms with Gasteiger partial charge in [-0.3, -0.25) is 4.84 Å². The quantitative estimate of drug-likeness (QED) is 0.614. The Balaban J connectivity index is 1.91. The van der Waals surface area contributed by atoms with Crippen LogP contribution in [-0.4, -0.2) is 20.3 Å². The van der Waals surface area contributed by atoms with Crippen molar-refractivity contribution in [2.24, 2.45) is 0 Å². The van der Waals surface area contributed by atoms with Crippen LogP contribution in [0.5, 0.6) is 0 Å². The summed E-state index contributed by atoms with van der Waals surface area (Å²) >= 11 is 0. The molecular weight excluding hydrogens is 209 g/mol. The minimum atomic E-state index is -0.167. The number of hydrogen-bond acceptors (Lipinski definition) is 3. The topological polar surface area (TPSA) is 30.5 Å². The van der Waals surface area contributed by atoms with Crippen molar-refractivity contribution in [3.05, 3.63) is 35.1 Å². The van der Waals surface area contributed by atoms with Gasteiger partial charge in [0, 0.05) is 7.11 Å². The predicted octanol–water partition coefficient (Wildman–Crippen LogP) is 1.98. The van der Waals surface area contributed by atoms with Gasteiger partial charge < -0.3 is 4.74 Å². The Labute approximate surface area is 94.5 Å². The van der Waals surface area contributed by atoms with Gasteiger partial charge in [0.2, 0.25) is 0 Å². The maximum absolute atomic E-state index is 13.0. The zero-order chi connectivity index (χ0) is 11.4. The van der Waals surface area contributed by atoms with E-state index in [0.717, 1.165) is 24.0 Å². The van der Waals surface area contributed by atoms with E-state index in [1.165, 1.54) is 6.07 Å². The molecule has 4 heteroatoms. The molecule has 0 radical (unpaired) electrons. The highest BCUT2D eigenvalue weighted by Crippen LogP contribution is 2.31. The van der Waals surface area contributed by atoms with Gasteiger partial charge in [-0.2, -0.15) is 5.48 Å². The average Bonchev–Trinajstić information content (AvgIpc) is 2.67. The fourth-order valence-corrected chi connectivity index (χ4v) is 1.99. The molecule has 0 aromatic heterocycles. The van der Waals surface area contributed by atoms with Crippen LogP contribution in [0, 0.1) is 5.82 Å². The molecule has 1 atom stereocenters.